The van der Waals surface area contributed by atoms with Crippen LogP contribution in [0.25, 0.3) is 0 Å². The Hall–Kier alpha value is -2.15. The highest BCUT2D eigenvalue weighted by Crippen LogP contribution is 2.43. The Bertz CT molecular complexity index is 809. The third-order valence-electron chi connectivity index (χ3n) is 3.99. The number of hydrogen-bond acceptors (Lipinski definition) is 6. The van der Waals surface area contributed by atoms with E-state index in [1.807, 2.05) is 0 Å². The van der Waals surface area contributed by atoms with Crippen LogP contribution in [0.5, 0.6) is 11.5 Å². The predicted molar refractivity (Wildman–Crippen MR) is 81.7 cm³/mol. The minimum Gasteiger partial charge on any atom is -0.486 e. The zero-order valence-electron chi connectivity index (χ0n) is 12.5. The molecule has 1 saturated carbocycles. The van der Waals surface area contributed by atoms with Crippen molar-refractivity contribution in [1.29, 1.82) is 0 Å². The maximum absolute atomic E-state index is 12.9. The van der Waals surface area contributed by atoms with Crippen molar-refractivity contribution in [2.75, 3.05) is 19.5 Å². The molecular formula is C16H15NO5S. The van der Waals surface area contributed by atoms with Crippen LogP contribution in [0.15, 0.2) is 27.7 Å². The highest BCUT2D eigenvalue weighted by Gasteiger charge is 2.34. The van der Waals surface area contributed by atoms with Crippen molar-refractivity contribution < 1.29 is 23.0 Å². The van der Waals surface area contributed by atoms with Crippen molar-refractivity contribution in [3.8, 4) is 11.5 Å². The Morgan fingerprint density at radius 2 is 2.00 bits per heavy atom. The van der Waals surface area contributed by atoms with E-state index in [1.54, 1.807) is 12.1 Å². The molecule has 1 aliphatic carbocycles. The summed E-state index contributed by atoms with van der Waals surface area (Å²) in [5.74, 6) is 1.57. The van der Waals surface area contributed by atoms with Gasteiger partial charge in [-0.3, -0.25) is 9.00 Å². The predicted octanol–water partition coefficient (Wildman–Crippen LogP) is 2.29. The van der Waals surface area contributed by atoms with Crippen LogP contribution in [-0.2, 0) is 10.8 Å². The largest absolute Gasteiger partial charge is 0.486 e. The number of fused-ring (bicyclic) bond motifs is 1. The van der Waals surface area contributed by atoms with E-state index in [0.717, 1.165) is 12.8 Å². The highest BCUT2D eigenvalue weighted by molar-refractivity contribution is 7.84. The molecule has 1 aromatic heterocycles. The lowest BCUT2D eigenvalue weighted by Crippen LogP contribution is -2.18. The second kappa shape index (κ2) is 5.49. The zero-order valence-corrected chi connectivity index (χ0v) is 13.4. The second-order valence-electron chi connectivity index (χ2n) is 5.63. The van der Waals surface area contributed by atoms with Crippen molar-refractivity contribution in [3.05, 3.63) is 35.2 Å². The molecule has 7 heteroatoms. The molecule has 2 aliphatic rings. The Morgan fingerprint density at radius 3 is 2.74 bits per heavy atom. The first-order valence-corrected chi connectivity index (χ1v) is 8.98. The molecule has 4 rings (SSSR count). The average molecular weight is 333 g/mol. The van der Waals surface area contributed by atoms with Crippen molar-refractivity contribution >= 4 is 16.6 Å². The van der Waals surface area contributed by atoms with Crippen LogP contribution in [0.1, 0.15) is 40.4 Å². The van der Waals surface area contributed by atoms with E-state index in [9.17, 15) is 9.00 Å². The maximum atomic E-state index is 12.9. The summed E-state index contributed by atoms with van der Waals surface area (Å²) in [4.78, 5) is 13.3. The van der Waals surface area contributed by atoms with Gasteiger partial charge in [0.15, 0.2) is 23.0 Å². The number of nitrogens with zero attached hydrogens (tertiary/aromatic N) is 1. The van der Waals surface area contributed by atoms with Gasteiger partial charge in [0.25, 0.3) is 0 Å². The van der Waals surface area contributed by atoms with E-state index >= 15 is 0 Å². The van der Waals surface area contributed by atoms with E-state index in [-0.39, 0.29) is 11.7 Å². The first kappa shape index (κ1) is 14.4. The molecule has 0 amide bonds. The summed E-state index contributed by atoms with van der Waals surface area (Å²) in [7, 11) is -1.39. The molecule has 120 valence electrons. The van der Waals surface area contributed by atoms with Crippen molar-refractivity contribution in [2.24, 2.45) is 0 Å². The van der Waals surface area contributed by atoms with E-state index < -0.39 is 10.8 Å². The summed E-state index contributed by atoms with van der Waals surface area (Å²) in [6, 6.07) is 3.32. The minimum absolute atomic E-state index is 0.240. The molecule has 1 fully saturated rings. The Balaban J connectivity index is 1.83. The first-order chi connectivity index (χ1) is 11.2. The molecule has 2 heterocycles. The van der Waals surface area contributed by atoms with E-state index in [0.29, 0.717) is 46.5 Å². The van der Waals surface area contributed by atoms with Crippen molar-refractivity contribution in [1.82, 2.24) is 5.16 Å². The monoisotopic (exact) mass is 333 g/mol. The van der Waals surface area contributed by atoms with Crippen LogP contribution in [0.2, 0.25) is 0 Å². The average Bonchev–Trinajstić information content (AvgIpc) is 3.29. The number of hydrogen-bond donors (Lipinski definition) is 0. The summed E-state index contributed by atoms with van der Waals surface area (Å²) in [5.41, 5.74) is 0.788. The normalized spacial score (nSPS) is 17.8. The van der Waals surface area contributed by atoms with Gasteiger partial charge in [-0.05, 0) is 25.0 Å². The number of ether oxygens (including phenoxy) is 2. The molecule has 0 saturated heterocycles. The summed E-state index contributed by atoms with van der Waals surface area (Å²) in [6.45, 7) is 0.809. The summed E-state index contributed by atoms with van der Waals surface area (Å²) >= 11 is 0. The van der Waals surface area contributed by atoms with Gasteiger partial charge in [0, 0.05) is 17.7 Å². The molecule has 0 bridgehead atoms. The highest BCUT2D eigenvalue weighted by atomic mass is 32.2. The Labute approximate surface area is 135 Å². The molecule has 0 spiro atoms. The number of benzene rings is 1. The molecule has 0 N–H and O–H groups in total. The number of carbonyl (C=O) groups excluding carboxylic acids is 1. The van der Waals surface area contributed by atoms with Crippen LogP contribution >= 0.6 is 0 Å². The Morgan fingerprint density at radius 1 is 1.22 bits per heavy atom. The lowest BCUT2D eigenvalue weighted by Gasteiger charge is -2.21. The van der Waals surface area contributed by atoms with Gasteiger partial charge in [0.2, 0.25) is 0 Å². The summed E-state index contributed by atoms with van der Waals surface area (Å²) in [5, 5.41) is 3.76. The van der Waals surface area contributed by atoms with Crippen LogP contribution in [0.4, 0.5) is 0 Å². The van der Waals surface area contributed by atoms with Gasteiger partial charge in [-0.1, -0.05) is 5.16 Å². The third kappa shape index (κ3) is 2.45. The van der Waals surface area contributed by atoms with Gasteiger partial charge >= 0.3 is 0 Å². The lowest BCUT2D eigenvalue weighted by molar-refractivity contribution is 0.103. The standard InChI is InChI=1S/C16H15NO5S/c1-23(19)16-10(4-5-12-15(16)21-7-6-20-12)13(18)11-8-17-22-14(11)9-2-3-9/h4-5,8-9H,2-3,6-7H2,1H3. The fourth-order valence-electron chi connectivity index (χ4n) is 2.76. The number of aromatic nitrogens is 1. The van der Waals surface area contributed by atoms with E-state index in [2.05, 4.69) is 5.16 Å². The summed E-state index contributed by atoms with van der Waals surface area (Å²) < 4.78 is 28.6. The first-order valence-electron chi connectivity index (χ1n) is 7.42. The van der Waals surface area contributed by atoms with Crippen molar-refractivity contribution in [2.45, 2.75) is 23.7 Å². The van der Waals surface area contributed by atoms with Crippen molar-refractivity contribution in [3.63, 3.8) is 0 Å². The second-order valence-corrected chi connectivity index (χ2v) is 6.94. The topological polar surface area (TPSA) is 78.6 Å². The summed E-state index contributed by atoms with van der Waals surface area (Å²) in [6.07, 6.45) is 4.97. The van der Waals surface area contributed by atoms with Gasteiger partial charge in [-0.2, -0.15) is 0 Å². The van der Waals surface area contributed by atoms with Gasteiger partial charge in [0.05, 0.1) is 27.5 Å². The van der Waals surface area contributed by atoms with Gasteiger partial charge in [-0.15, -0.1) is 0 Å². The van der Waals surface area contributed by atoms with Gasteiger partial charge in [0.1, 0.15) is 13.2 Å². The maximum Gasteiger partial charge on any atom is 0.199 e. The Kier molecular flexibility index (Phi) is 3.45. The smallest absolute Gasteiger partial charge is 0.199 e. The SMILES string of the molecule is CS(=O)c1c(C(=O)c2cnoc2C2CC2)ccc2c1OCCO2. The zero-order chi connectivity index (χ0) is 16.0. The molecular weight excluding hydrogens is 318 g/mol. The molecule has 23 heavy (non-hydrogen) atoms. The molecule has 2 aromatic rings. The fraction of sp³-hybridized carbons (Fsp3) is 0.375. The van der Waals surface area contributed by atoms with E-state index in [4.69, 9.17) is 14.0 Å². The molecule has 1 atom stereocenters. The molecule has 0 radical (unpaired) electrons. The van der Waals surface area contributed by atoms with Gasteiger partial charge < -0.3 is 14.0 Å². The molecule has 1 aliphatic heterocycles. The van der Waals surface area contributed by atoms with Crippen LogP contribution in [-0.4, -0.2) is 34.6 Å². The lowest BCUT2D eigenvalue weighted by atomic mass is 10.0. The molecule has 1 aromatic carbocycles. The third-order valence-corrected chi connectivity index (χ3v) is 4.97. The van der Waals surface area contributed by atoms with Crippen LogP contribution in [0, 0.1) is 0 Å². The van der Waals surface area contributed by atoms with Gasteiger partial charge in [-0.25, -0.2) is 0 Å². The van der Waals surface area contributed by atoms with Crippen LogP contribution in [0.3, 0.4) is 0 Å². The number of ketones is 1. The fourth-order valence-corrected chi connectivity index (χ4v) is 3.65. The quantitative estimate of drug-likeness (QED) is 0.799. The van der Waals surface area contributed by atoms with Crippen LogP contribution < -0.4 is 9.47 Å². The minimum atomic E-state index is -1.39. The number of carbonyl (C=O) groups is 1. The molecule has 6 nitrogen and oxygen atoms in total. The molecule has 1 unspecified atom stereocenters. The number of rotatable bonds is 4. The van der Waals surface area contributed by atoms with E-state index in [1.165, 1.54) is 12.5 Å².